The van der Waals surface area contributed by atoms with Crippen molar-refractivity contribution < 1.29 is 20.4 Å². The zero-order chi connectivity index (χ0) is 19.6. The third kappa shape index (κ3) is 4.00. The van der Waals surface area contributed by atoms with Crippen molar-refractivity contribution in [2.45, 2.75) is 32.6 Å². The fraction of sp³-hybridized carbons (Fsp3) is 0.217. The number of rotatable bonds is 5. The molecule has 0 atom stereocenters. The molecule has 4 N–H and O–H groups in total. The highest BCUT2D eigenvalue weighted by molar-refractivity contribution is 5.59. The predicted molar refractivity (Wildman–Crippen MR) is 106 cm³/mol. The van der Waals surface area contributed by atoms with Crippen LogP contribution in [0.1, 0.15) is 47.6 Å². The largest absolute Gasteiger partial charge is 0.508 e. The first-order chi connectivity index (χ1) is 12.9. The summed E-state index contributed by atoms with van der Waals surface area (Å²) in [4.78, 5) is 0. The van der Waals surface area contributed by atoms with Gasteiger partial charge in [0.15, 0.2) is 11.5 Å². The minimum atomic E-state index is -0.499. The molecule has 0 bridgehead atoms. The number of hydrogen-bond acceptors (Lipinski definition) is 4. The smallest absolute Gasteiger partial charge is 0.200 e. The molecule has 4 heteroatoms. The van der Waals surface area contributed by atoms with E-state index in [-0.39, 0.29) is 23.2 Å². The van der Waals surface area contributed by atoms with Crippen LogP contribution in [0.15, 0.2) is 54.6 Å². The highest BCUT2D eigenvalue weighted by atomic mass is 16.3. The van der Waals surface area contributed by atoms with E-state index in [0.29, 0.717) is 24.0 Å². The Kier molecular flexibility index (Phi) is 5.26. The Bertz CT molecular complexity index is 946. The monoisotopic (exact) mass is 364 g/mol. The number of phenols is 4. The lowest BCUT2D eigenvalue weighted by atomic mass is 9.94. The number of phenolic OH excluding ortho intramolecular Hbond substituents is 4. The van der Waals surface area contributed by atoms with Crippen LogP contribution in [0.5, 0.6) is 23.0 Å². The quantitative estimate of drug-likeness (QED) is 0.490. The second-order valence-electron chi connectivity index (χ2n) is 7.13. The van der Waals surface area contributed by atoms with E-state index in [1.54, 1.807) is 18.2 Å². The molecule has 0 aliphatic rings. The van der Waals surface area contributed by atoms with E-state index in [9.17, 15) is 20.4 Å². The molecular formula is C23H24O4. The van der Waals surface area contributed by atoms with Gasteiger partial charge < -0.3 is 20.4 Å². The van der Waals surface area contributed by atoms with Crippen LogP contribution in [-0.2, 0) is 12.8 Å². The lowest BCUT2D eigenvalue weighted by Crippen LogP contribution is -1.97. The molecule has 0 saturated carbocycles. The maximum absolute atomic E-state index is 10.3. The van der Waals surface area contributed by atoms with E-state index in [2.05, 4.69) is 0 Å². The van der Waals surface area contributed by atoms with E-state index in [4.69, 9.17) is 0 Å². The Hall–Kier alpha value is -3.14. The van der Waals surface area contributed by atoms with Gasteiger partial charge in [-0.3, -0.25) is 0 Å². The molecule has 3 aromatic rings. The van der Waals surface area contributed by atoms with Crippen molar-refractivity contribution in [1.29, 1.82) is 0 Å². The summed E-state index contributed by atoms with van der Waals surface area (Å²) in [5.74, 6) is -0.699. The standard InChI is InChI=1S/C23H24O4/c1-14(2)19-12-16(8-9-20(19)24)11-18-13-17(21(25)23(27)22(18)26)10-15-6-4-3-5-7-15/h3-9,12-14,24-27H,10-11H2,1-2H3. The Morgan fingerprint density at radius 1 is 0.667 bits per heavy atom. The van der Waals surface area contributed by atoms with Gasteiger partial charge in [-0.25, -0.2) is 0 Å². The van der Waals surface area contributed by atoms with E-state index < -0.39 is 5.75 Å². The van der Waals surface area contributed by atoms with Crippen molar-refractivity contribution in [3.63, 3.8) is 0 Å². The molecule has 27 heavy (non-hydrogen) atoms. The van der Waals surface area contributed by atoms with Crippen molar-refractivity contribution in [3.05, 3.63) is 82.4 Å². The highest BCUT2D eigenvalue weighted by Gasteiger charge is 2.18. The van der Waals surface area contributed by atoms with Gasteiger partial charge in [0.2, 0.25) is 5.75 Å². The molecule has 3 aromatic carbocycles. The van der Waals surface area contributed by atoms with Gasteiger partial charge in [0.1, 0.15) is 5.75 Å². The zero-order valence-corrected chi connectivity index (χ0v) is 15.5. The minimum absolute atomic E-state index is 0.167. The van der Waals surface area contributed by atoms with Crippen molar-refractivity contribution in [2.75, 3.05) is 0 Å². The Morgan fingerprint density at radius 2 is 1.26 bits per heavy atom. The first kappa shape index (κ1) is 18.6. The summed E-state index contributed by atoms with van der Waals surface area (Å²) in [5.41, 5.74) is 3.81. The average Bonchev–Trinajstić information content (AvgIpc) is 2.66. The molecule has 3 rings (SSSR count). The fourth-order valence-electron chi connectivity index (χ4n) is 3.24. The zero-order valence-electron chi connectivity index (χ0n) is 15.5. The molecule has 0 unspecified atom stereocenters. The third-order valence-electron chi connectivity index (χ3n) is 4.75. The Labute approximate surface area is 159 Å². The van der Waals surface area contributed by atoms with Gasteiger partial charge in [0.05, 0.1) is 0 Å². The summed E-state index contributed by atoms with van der Waals surface area (Å²) in [6.07, 6.45) is 0.821. The average molecular weight is 364 g/mol. The van der Waals surface area contributed by atoms with Crippen LogP contribution in [-0.4, -0.2) is 20.4 Å². The van der Waals surface area contributed by atoms with Gasteiger partial charge in [0, 0.05) is 24.0 Å². The Balaban J connectivity index is 1.97. The molecule has 0 radical (unpaired) electrons. The molecule has 0 fully saturated rings. The summed E-state index contributed by atoms with van der Waals surface area (Å²) in [5, 5.41) is 40.7. The molecule has 0 aliphatic carbocycles. The van der Waals surface area contributed by atoms with E-state index in [1.165, 1.54) is 0 Å². The molecule has 0 spiro atoms. The summed E-state index contributed by atoms with van der Waals surface area (Å²) in [6, 6.07) is 16.7. The first-order valence-electron chi connectivity index (χ1n) is 8.98. The van der Waals surface area contributed by atoms with Crippen LogP contribution in [0.25, 0.3) is 0 Å². The predicted octanol–water partition coefficient (Wildman–Crippen LogP) is 4.81. The SMILES string of the molecule is CC(C)c1cc(Cc2cc(Cc3ccccc3)c(O)c(O)c2O)ccc1O. The Morgan fingerprint density at radius 3 is 1.85 bits per heavy atom. The van der Waals surface area contributed by atoms with Gasteiger partial charge in [-0.05, 0) is 34.7 Å². The molecule has 0 saturated heterocycles. The van der Waals surface area contributed by atoms with E-state index in [1.807, 2.05) is 50.2 Å². The van der Waals surface area contributed by atoms with Crippen LogP contribution in [0.3, 0.4) is 0 Å². The highest BCUT2D eigenvalue weighted by Crippen LogP contribution is 2.42. The lowest BCUT2D eigenvalue weighted by molar-refractivity contribution is 0.363. The van der Waals surface area contributed by atoms with Gasteiger partial charge in [-0.15, -0.1) is 0 Å². The van der Waals surface area contributed by atoms with Gasteiger partial charge in [0.25, 0.3) is 0 Å². The van der Waals surface area contributed by atoms with Crippen LogP contribution >= 0.6 is 0 Å². The number of aromatic hydroxyl groups is 4. The number of benzene rings is 3. The van der Waals surface area contributed by atoms with Crippen molar-refractivity contribution in [3.8, 4) is 23.0 Å². The second-order valence-corrected chi connectivity index (χ2v) is 7.13. The molecule has 0 aromatic heterocycles. The topological polar surface area (TPSA) is 80.9 Å². The molecule has 140 valence electrons. The fourth-order valence-corrected chi connectivity index (χ4v) is 3.24. The van der Waals surface area contributed by atoms with Crippen LogP contribution in [0.4, 0.5) is 0 Å². The first-order valence-corrected chi connectivity index (χ1v) is 8.98. The molecule has 4 nitrogen and oxygen atoms in total. The molecule has 0 amide bonds. The molecular weight excluding hydrogens is 340 g/mol. The maximum atomic E-state index is 10.3. The van der Waals surface area contributed by atoms with E-state index >= 15 is 0 Å². The van der Waals surface area contributed by atoms with Crippen LogP contribution in [0, 0.1) is 0 Å². The van der Waals surface area contributed by atoms with Gasteiger partial charge >= 0.3 is 0 Å². The maximum Gasteiger partial charge on any atom is 0.200 e. The normalized spacial score (nSPS) is 11.1. The molecule has 0 heterocycles. The summed E-state index contributed by atoms with van der Waals surface area (Å²) in [6.45, 7) is 4.00. The van der Waals surface area contributed by atoms with Gasteiger partial charge in [-0.2, -0.15) is 0 Å². The third-order valence-corrected chi connectivity index (χ3v) is 4.75. The number of hydrogen-bond donors (Lipinski definition) is 4. The van der Waals surface area contributed by atoms with E-state index in [0.717, 1.165) is 16.7 Å². The van der Waals surface area contributed by atoms with Crippen molar-refractivity contribution in [1.82, 2.24) is 0 Å². The summed E-state index contributed by atoms with van der Waals surface area (Å²) in [7, 11) is 0. The van der Waals surface area contributed by atoms with Crippen molar-refractivity contribution >= 4 is 0 Å². The summed E-state index contributed by atoms with van der Waals surface area (Å²) < 4.78 is 0. The lowest BCUT2D eigenvalue weighted by Gasteiger charge is -2.14. The second kappa shape index (κ2) is 7.62. The van der Waals surface area contributed by atoms with Crippen LogP contribution < -0.4 is 0 Å². The molecule has 0 aliphatic heterocycles. The summed E-state index contributed by atoms with van der Waals surface area (Å²) >= 11 is 0. The van der Waals surface area contributed by atoms with Crippen LogP contribution in [0.2, 0.25) is 0 Å². The van der Waals surface area contributed by atoms with Crippen molar-refractivity contribution in [2.24, 2.45) is 0 Å². The van der Waals surface area contributed by atoms with Gasteiger partial charge in [-0.1, -0.05) is 56.3 Å². The minimum Gasteiger partial charge on any atom is -0.508 e.